The summed E-state index contributed by atoms with van der Waals surface area (Å²) in [6, 6.07) is 0. The fourth-order valence-electron chi connectivity index (χ4n) is 7.74. The van der Waals surface area contributed by atoms with E-state index in [0.29, 0.717) is 13.0 Å². The van der Waals surface area contributed by atoms with E-state index < -0.39 is 43.4 Å². The van der Waals surface area contributed by atoms with Crippen molar-refractivity contribution in [3.05, 3.63) is 36.5 Å². The SMILES string of the molecule is CCCC/C=C\C/C=C\CCCCCCCCOCC(COC1OC(CO)C(O)C(O)C1O)OC(=O)CCCCCCCCCCCCC/C=C\CCCCCCCCCC. The number of allylic oxidation sites excluding steroid dienone is 6. The van der Waals surface area contributed by atoms with Gasteiger partial charge in [0.2, 0.25) is 0 Å². The van der Waals surface area contributed by atoms with Gasteiger partial charge in [-0.2, -0.15) is 0 Å². The van der Waals surface area contributed by atoms with Crippen LogP contribution in [0.3, 0.4) is 0 Å². The molecule has 1 fully saturated rings. The molecule has 1 aliphatic heterocycles. The van der Waals surface area contributed by atoms with Crippen LogP contribution in [-0.4, -0.2) is 89.6 Å². The fraction of sp³-hybridized carbons (Fsp3) is 0.865. The van der Waals surface area contributed by atoms with Crippen molar-refractivity contribution in [3.8, 4) is 0 Å². The number of aliphatic hydroxyl groups is 4. The van der Waals surface area contributed by atoms with Crippen LogP contribution >= 0.6 is 0 Å². The van der Waals surface area contributed by atoms with E-state index in [1.807, 2.05) is 0 Å². The highest BCUT2D eigenvalue weighted by molar-refractivity contribution is 5.69. The third kappa shape index (κ3) is 34.5. The van der Waals surface area contributed by atoms with E-state index in [2.05, 4.69) is 50.3 Å². The fourth-order valence-corrected chi connectivity index (χ4v) is 7.74. The lowest BCUT2D eigenvalue weighted by Crippen LogP contribution is -2.59. The molecule has 1 saturated heterocycles. The molecule has 6 atom stereocenters. The maximum atomic E-state index is 12.8. The quantitative estimate of drug-likeness (QED) is 0.0268. The molecule has 0 aliphatic carbocycles. The van der Waals surface area contributed by atoms with E-state index in [0.717, 1.165) is 51.4 Å². The van der Waals surface area contributed by atoms with Crippen molar-refractivity contribution in [1.82, 2.24) is 0 Å². The third-order valence-electron chi connectivity index (χ3n) is 11.8. The number of hydrogen-bond acceptors (Lipinski definition) is 9. The normalized spacial score (nSPS) is 20.1. The molecule has 0 aromatic rings. The van der Waals surface area contributed by atoms with Gasteiger partial charge in [0.05, 0.1) is 19.8 Å². The zero-order chi connectivity index (χ0) is 44.3. The van der Waals surface area contributed by atoms with Gasteiger partial charge in [-0.15, -0.1) is 0 Å². The van der Waals surface area contributed by atoms with E-state index in [4.69, 9.17) is 18.9 Å². The highest BCUT2D eigenvalue weighted by atomic mass is 16.7. The molecule has 0 bridgehead atoms. The van der Waals surface area contributed by atoms with Crippen LogP contribution in [-0.2, 0) is 23.7 Å². The van der Waals surface area contributed by atoms with Gasteiger partial charge in [0.15, 0.2) is 6.29 Å². The Labute approximate surface area is 374 Å². The van der Waals surface area contributed by atoms with Gasteiger partial charge < -0.3 is 39.4 Å². The zero-order valence-corrected chi connectivity index (χ0v) is 39.4. The summed E-state index contributed by atoms with van der Waals surface area (Å²) >= 11 is 0. The molecule has 1 aliphatic rings. The summed E-state index contributed by atoms with van der Waals surface area (Å²) in [5.74, 6) is -0.316. The molecule has 0 saturated carbocycles. The average molecular weight is 865 g/mol. The first-order valence-corrected chi connectivity index (χ1v) is 25.6. The van der Waals surface area contributed by atoms with Gasteiger partial charge in [-0.3, -0.25) is 4.79 Å². The van der Waals surface area contributed by atoms with Gasteiger partial charge >= 0.3 is 5.97 Å². The molecule has 6 unspecified atom stereocenters. The monoisotopic (exact) mass is 865 g/mol. The smallest absolute Gasteiger partial charge is 0.306 e. The van der Waals surface area contributed by atoms with Crippen LogP contribution in [0.4, 0.5) is 0 Å². The average Bonchev–Trinajstić information content (AvgIpc) is 3.26. The highest BCUT2D eigenvalue weighted by Gasteiger charge is 2.44. The van der Waals surface area contributed by atoms with Crippen LogP contribution in [0.2, 0.25) is 0 Å². The summed E-state index contributed by atoms with van der Waals surface area (Å²) in [5, 5.41) is 40.2. The van der Waals surface area contributed by atoms with Crippen molar-refractivity contribution in [1.29, 1.82) is 0 Å². The Balaban J connectivity index is 2.19. The first-order valence-electron chi connectivity index (χ1n) is 25.6. The maximum Gasteiger partial charge on any atom is 0.306 e. The molecule has 61 heavy (non-hydrogen) atoms. The predicted molar refractivity (Wildman–Crippen MR) is 252 cm³/mol. The minimum Gasteiger partial charge on any atom is -0.457 e. The van der Waals surface area contributed by atoms with Crippen molar-refractivity contribution in [2.24, 2.45) is 0 Å². The van der Waals surface area contributed by atoms with Gasteiger partial charge in [-0.05, 0) is 64.2 Å². The number of carbonyl (C=O) groups excluding carboxylic acids is 1. The van der Waals surface area contributed by atoms with Gasteiger partial charge in [0.1, 0.15) is 30.5 Å². The summed E-state index contributed by atoms with van der Waals surface area (Å²) in [4.78, 5) is 12.8. The minimum atomic E-state index is -1.54. The second-order valence-corrected chi connectivity index (χ2v) is 17.6. The number of aliphatic hydroxyl groups excluding tert-OH is 4. The first kappa shape index (κ1) is 57.4. The van der Waals surface area contributed by atoms with Crippen LogP contribution < -0.4 is 0 Å². The molecule has 0 radical (unpaired) electrons. The Morgan fingerprint density at radius 3 is 1.48 bits per heavy atom. The minimum absolute atomic E-state index is 0.117. The van der Waals surface area contributed by atoms with Crippen LogP contribution in [0.5, 0.6) is 0 Å². The Bertz CT molecular complexity index is 1030. The van der Waals surface area contributed by atoms with Crippen LogP contribution in [0, 0.1) is 0 Å². The number of hydrogen-bond donors (Lipinski definition) is 4. The van der Waals surface area contributed by atoms with Crippen molar-refractivity contribution >= 4 is 5.97 Å². The van der Waals surface area contributed by atoms with Crippen molar-refractivity contribution < 1.29 is 44.2 Å². The predicted octanol–water partition coefficient (Wildman–Crippen LogP) is 12.3. The summed E-state index contributed by atoms with van der Waals surface area (Å²) in [6.45, 7) is 4.52. The Kier molecular flexibility index (Phi) is 41.1. The maximum absolute atomic E-state index is 12.8. The first-order chi connectivity index (χ1) is 29.9. The molecule has 1 rings (SSSR count). The lowest BCUT2D eigenvalue weighted by Gasteiger charge is -2.39. The van der Waals surface area contributed by atoms with Crippen LogP contribution in [0.25, 0.3) is 0 Å². The Hall–Kier alpha value is -1.59. The van der Waals surface area contributed by atoms with E-state index in [9.17, 15) is 25.2 Å². The molecular formula is C52H96O9. The van der Waals surface area contributed by atoms with Gasteiger partial charge in [-0.25, -0.2) is 0 Å². The second kappa shape index (κ2) is 43.7. The number of unbranched alkanes of at least 4 members (excludes halogenated alkanes) is 27. The Morgan fingerprint density at radius 2 is 0.967 bits per heavy atom. The molecule has 358 valence electrons. The summed E-state index contributed by atoms with van der Waals surface area (Å²) in [5.41, 5.74) is 0. The van der Waals surface area contributed by atoms with Crippen molar-refractivity contribution in [2.45, 2.75) is 263 Å². The molecule has 0 aromatic carbocycles. The lowest BCUT2D eigenvalue weighted by atomic mass is 9.99. The largest absolute Gasteiger partial charge is 0.457 e. The van der Waals surface area contributed by atoms with Crippen LogP contribution in [0.15, 0.2) is 36.5 Å². The highest BCUT2D eigenvalue weighted by Crippen LogP contribution is 2.23. The lowest BCUT2D eigenvalue weighted by molar-refractivity contribution is -0.305. The van der Waals surface area contributed by atoms with Gasteiger partial charge in [0.25, 0.3) is 0 Å². The van der Waals surface area contributed by atoms with Crippen molar-refractivity contribution in [3.63, 3.8) is 0 Å². The second-order valence-electron chi connectivity index (χ2n) is 17.6. The summed E-state index contributed by atoms with van der Waals surface area (Å²) < 4.78 is 22.9. The molecule has 4 N–H and O–H groups in total. The van der Waals surface area contributed by atoms with E-state index in [1.54, 1.807) is 0 Å². The van der Waals surface area contributed by atoms with E-state index in [1.165, 1.54) is 154 Å². The number of esters is 1. The standard InChI is InChI=1S/C52H96O9/c1-3-5-7-9-11-13-15-17-19-20-21-22-23-24-25-26-27-29-31-33-35-37-39-41-48(54)60-46(45-59-52-51(57)50(56)49(55)47(43-53)61-52)44-58-42-40-38-36-34-32-30-28-18-16-14-12-10-8-6-4-2/h10,12,16,18,20-21,46-47,49-53,55-57H,3-9,11,13-15,17,19,22-45H2,1-2H3/b12-10-,18-16-,21-20-. The number of ether oxygens (including phenoxy) is 4. The zero-order valence-electron chi connectivity index (χ0n) is 39.4. The van der Waals surface area contributed by atoms with Crippen LogP contribution in [0.1, 0.15) is 226 Å². The number of rotatable bonds is 44. The van der Waals surface area contributed by atoms with E-state index in [-0.39, 0.29) is 19.2 Å². The van der Waals surface area contributed by atoms with Crippen molar-refractivity contribution in [2.75, 3.05) is 26.4 Å². The summed E-state index contributed by atoms with van der Waals surface area (Å²) in [7, 11) is 0. The topological polar surface area (TPSA) is 135 Å². The molecule has 0 spiro atoms. The molecule has 9 nitrogen and oxygen atoms in total. The molecular weight excluding hydrogens is 769 g/mol. The molecule has 0 amide bonds. The molecule has 0 aromatic heterocycles. The van der Waals surface area contributed by atoms with E-state index >= 15 is 0 Å². The Morgan fingerprint density at radius 1 is 0.525 bits per heavy atom. The third-order valence-corrected chi connectivity index (χ3v) is 11.8. The molecule has 1 heterocycles. The van der Waals surface area contributed by atoms with Gasteiger partial charge in [-0.1, -0.05) is 192 Å². The molecule has 9 heteroatoms. The number of carbonyl (C=O) groups is 1. The summed E-state index contributed by atoms with van der Waals surface area (Å²) in [6.07, 6.45) is 46.1. The van der Waals surface area contributed by atoms with Gasteiger partial charge in [0, 0.05) is 13.0 Å².